The van der Waals surface area contributed by atoms with E-state index in [0.29, 0.717) is 13.5 Å². The van der Waals surface area contributed by atoms with E-state index in [9.17, 15) is 0 Å². The average molecular weight is 166 g/mol. The highest BCUT2D eigenvalue weighted by Crippen LogP contribution is 2.36. The average Bonchev–Trinajstić information content (AvgIpc) is 2.48. The number of rotatable bonds is 4. The van der Waals surface area contributed by atoms with Crippen LogP contribution in [0.15, 0.2) is 12.7 Å². The second-order valence-electron chi connectivity index (χ2n) is 4.00. The van der Waals surface area contributed by atoms with Crippen molar-refractivity contribution in [2.24, 2.45) is 5.92 Å². The van der Waals surface area contributed by atoms with Gasteiger partial charge in [-0.15, -0.1) is 6.58 Å². The molecule has 1 aliphatic rings. The van der Waals surface area contributed by atoms with Gasteiger partial charge in [0.25, 0.3) is 6.92 Å². The minimum absolute atomic E-state index is 0.503. The highest BCUT2D eigenvalue weighted by Gasteiger charge is 2.34. The van der Waals surface area contributed by atoms with Crippen LogP contribution in [0.3, 0.4) is 0 Å². The van der Waals surface area contributed by atoms with Gasteiger partial charge in [0.05, 0.1) is 0 Å². The van der Waals surface area contributed by atoms with Crippen LogP contribution in [0, 0.1) is 5.92 Å². The first-order valence-corrected chi connectivity index (χ1v) is 4.98. The van der Waals surface area contributed by atoms with Crippen molar-refractivity contribution >= 4 is 6.92 Å². The van der Waals surface area contributed by atoms with Crippen molar-refractivity contribution in [1.82, 2.24) is 0 Å². The van der Waals surface area contributed by atoms with Gasteiger partial charge in [-0.1, -0.05) is 32.8 Å². The SMILES string of the molecule is C=CCOB1CCC[C@H]1C(C)C. The first kappa shape index (κ1) is 9.85. The summed E-state index contributed by atoms with van der Waals surface area (Å²) in [5.41, 5.74) is 0. The van der Waals surface area contributed by atoms with Crippen molar-refractivity contribution in [2.45, 2.75) is 38.8 Å². The molecule has 1 fully saturated rings. The molecule has 0 aromatic rings. The Kier molecular flexibility index (Phi) is 3.86. The highest BCUT2D eigenvalue weighted by molar-refractivity contribution is 6.54. The first-order valence-electron chi connectivity index (χ1n) is 4.98. The Morgan fingerprint density at radius 3 is 3.00 bits per heavy atom. The fourth-order valence-corrected chi connectivity index (χ4v) is 2.12. The van der Waals surface area contributed by atoms with Crippen LogP contribution in [0.2, 0.25) is 12.1 Å². The molecule has 0 aromatic heterocycles. The van der Waals surface area contributed by atoms with E-state index >= 15 is 0 Å². The van der Waals surface area contributed by atoms with Gasteiger partial charge in [0, 0.05) is 6.61 Å². The zero-order valence-corrected chi connectivity index (χ0v) is 8.25. The van der Waals surface area contributed by atoms with Gasteiger partial charge in [0.15, 0.2) is 0 Å². The molecule has 1 heterocycles. The summed E-state index contributed by atoms with van der Waals surface area (Å²) in [6.07, 6.45) is 5.77. The summed E-state index contributed by atoms with van der Waals surface area (Å²) in [4.78, 5) is 0. The molecule has 0 N–H and O–H groups in total. The molecule has 1 saturated heterocycles. The van der Waals surface area contributed by atoms with Crippen LogP contribution in [0.5, 0.6) is 0 Å². The van der Waals surface area contributed by atoms with Crippen LogP contribution in [0.25, 0.3) is 0 Å². The Morgan fingerprint density at radius 1 is 1.67 bits per heavy atom. The maximum absolute atomic E-state index is 5.71. The summed E-state index contributed by atoms with van der Waals surface area (Å²) in [5, 5.41) is 0. The molecule has 1 rings (SSSR count). The van der Waals surface area contributed by atoms with Crippen LogP contribution in [0.1, 0.15) is 26.7 Å². The summed E-state index contributed by atoms with van der Waals surface area (Å²) in [5.74, 6) is 1.55. The molecule has 0 unspecified atom stereocenters. The van der Waals surface area contributed by atoms with E-state index in [1.807, 2.05) is 6.08 Å². The molecule has 0 saturated carbocycles. The van der Waals surface area contributed by atoms with E-state index in [2.05, 4.69) is 20.4 Å². The first-order chi connectivity index (χ1) is 5.75. The Bertz CT molecular complexity index is 145. The zero-order chi connectivity index (χ0) is 8.97. The molecule has 1 atom stereocenters. The molecule has 1 nitrogen and oxygen atoms in total. The van der Waals surface area contributed by atoms with Crippen molar-refractivity contribution in [2.75, 3.05) is 6.61 Å². The van der Waals surface area contributed by atoms with E-state index < -0.39 is 0 Å². The lowest BCUT2D eigenvalue weighted by molar-refractivity contribution is 0.351. The fourth-order valence-electron chi connectivity index (χ4n) is 2.12. The molecular formula is C10H19BO. The van der Waals surface area contributed by atoms with Crippen LogP contribution in [0.4, 0.5) is 0 Å². The second-order valence-corrected chi connectivity index (χ2v) is 4.00. The zero-order valence-electron chi connectivity index (χ0n) is 8.25. The summed E-state index contributed by atoms with van der Waals surface area (Å²) in [6.45, 7) is 9.47. The monoisotopic (exact) mass is 166 g/mol. The summed E-state index contributed by atoms with van der Waals surface area (Å²) in [7, 11) is 0. The maximum Gasteiger partial charge on any atom is 0.296 e. The van der Waals surface area contributed by atoms with Crippen LogP contribution in [-0.4, -0.2) is 13.5 Å². The molecule has 12 heavy (non-hydrogen) atoms. The molecule has 2 heteroatoms. The Morgan fingerprint density at radius 2 is 2.42 bits per heavy atom. The molecule has 0 radical (unpaired) electrons. The van der Waals surface area contributed by atoms with Crippen molar-refractivity contribution < 1.29 is 4.65 Å². The molecule has 68 valence electrons. The Hall–Kier alpha value is -0.235. The van der Waals surface area contributed by atoms with Gasteiger partial charge in [-0.2, -0.15) is 0 Å². The van der Waals surface area contributed by atoms with Crippen molar-refractivity contribution in [3.05, 3.63) is 12.7 Å². The van der Waals surface area contributed by atoms with Crippen LogP contribution in [-0.2, 0) is 4.65 Å². The van der Waals surface area contributed by atoms with Crippen molar-refractivity contribution in [3.63, 3.8) is 0 Å². The molecule has 0 aromatic carbocycles. The largest absolute Gasteiger partial charge is 0.432 e. The van der Waals surface area contributed by atoms with E-state index in [0.717, 1.165) is 11.7 Å². The van der Waals surface area contributed by atoms with Gasteiger partial charge in [-0.05, 0) is 18.1 Å². The van der Waals surface area contributed by atoms with Gasteiger partial charge < -0.3 is 4.65 Å². The third-order valence-electron chi connectivity index (χ3n) is 2.79. The Balaban J connectivity index is 2.35. The van der Waals surface area contributed by atoms with Crippen LogP contribution < -0.4 is 0 Å². The summed E-state index contributed by atoms with van der Waals surface area (Å²) in [6, 6.07) is 0. The second kappa shape index (κ2) is 4.71. The summed E-state index contributed by atoms with van der Waals surface area (Å²) < 4.78 is 5.71. The van der Waals surface area contributed by atoms with Crippen LogP contribution >= 0.6 is 0 Å². The van der Waals surface area contributed by atoms with Gasteiger partial charge in [0.1, 0.15) is 0 Å². The van der Waals surface area contributed by atoms with E-state index in [-0.39, 0.29) is 0 Å². The van der Waals surface area contributed by atoms with Gasteiger partial charge in [-0.3, -0.25) is 0 Å². The molecule has 0 aliphatic carbocycles. The minimum Gasteiger partial charge on any atom is -0.432 e. The standard InChI is InChI=1S/C10H19BO/c1-4-8-12-11-7-5-6-10(11)9(2)3/h4,9-10H,1,5-8H2,2-3H3/t10-/m0/s1. The molecule has 1 aliphatic heterocycles. The predicted octanol–water partition coefficient (Wildman–Crippen LogP) is 3.00. The van der Waals surface area contributed by atoms with E-state index in [1.165, 1.54) is 19.2 Å². The lowest BCUT2D eigenvalue weighted by Gasteiger charge is -2.19. The topological polar surface area (TPSA) is 9.23 Å². The van der Waals surface area contributed by atoms with Gasteiger partial charge in [0.2, 0.25) is 0 Å². The molecule has 0 spiro atoms. The van der Waals surface area contributed by atoms with E-state index in [1.54, 1.807) is 0 Å². The third kappa shape index (κ3) is 2.38. The number of hydrogen-bond acceptors (Lipinski definition) is 1. The smallest absolute Gasteiger partial charge is 0.296 e. The van der Waals surface area contributed by atoms with Gasteiger partial charge >= 0.3 is 0 Å². The predicted molar refractivity (Wildman–Crippen MR) is 54.5 cm³/mol. The quantitative estimate of drug-likeness (QED) is 0.460. The van der Waals surface area contributed by atoms with Gasteiger partial charge in [-0.25, -0.2) is 0 Å². The van der Waals surface area contributed by atoms with Crippen molar-refractivity contribution in [3.8, 4) is 0 Å². The highest BCUT2D eigenvalue weighted by atomic mass is 16.4. The lowest BCUT2D eigenvalue weighted by atomic mass is 9.54. The normalized spacial score (nSPS) is 23.6. The number of hydrogen-bond donors (Lipinski definition) is 0. The molecule has 0 amide bonds. The lowest BCUT2D eigenvalue weighted by Crippen LogP contribution is -2.23. The van der Waals surface area contributed by atoms with Crippen molar-refractivity contribution in [1.29, 1.82) is 0 Å². The summed E-state index contributed by atoms with van der Waals surface area (Å²) >= 11 is 0. The minimum atomic E-state index is 0.503. The van der Waals surface area contributed by atoms with E-state index in [4.69, 9.17) is 4.65 Å². The Labute approximate surface area is 76.3 Å². The molecule has 0 bridgehead atoms. The maximum atomic E-state index is 5.71. The third-order valence-corrected chi connectivity index (χ3v) is 2.79. The fraction of sp³-hybridized carbons (Fsp3) is 0.800. The molecular weight excluding hydrogens is 147 g/mol.